The topological polar surface area (TPSA) is 155 Å². The van der Waals surface area contributed by atoms with E-state index < -0.39 is 12.7 Å². The van der Waals surface area contributed by atoms with Crippen LogP contribution in [0.2, 0.25) is 5.82 Å². The van der Waals surface area contributed by atoms with Crippen molar-refractivity contribution in [2.75, 3.05) is 19.6 Å². The van der Waals surface area contributed by atoms with Crippen molar-refractivity contribution < 1.29 is 34.1 Å². The Morgan fingerprint density at radius 1 is 1.28 bits per heavy atom. The number of fused-ring (bicyclic) bond motifs is 3. The third-order valence-corrected chi connectivity index (χ3v) is 6.59. The molecule has 4 unspecified atom stereocenters. The molecule has 0 bridgehead atoms. The molecule has 1 saturated carbocycles. The number of ether oxygens (including phenoxy) is 1. The second kappa shape index (κ2) is 6.33. The zero-order valence-corrected chi connectivity index (χ0v) is 15.7. The molecule has 3 heterocycles. The van der Waals surface area contributed by atoms with Crippen LogP contribution in [0.1, 0.15) is 34.7 Å². The lowest BCUT2D eigenvalue weighted by Gasteiger charge is -2.43. The Bertz CT molecular complexity index is 888. The molecular weight excluding hydrogens is 381 g/mol. The van der Waals surface area contributed by atoms with Gasteiger partial charge >= 0.3 is 12.7 Å². The summed E-state index contributed by atoms with van der Waals surface area (Å²) >= 11 is 0. The van der Waals surface area contributed by atoms with Crippen LogP contribution in [0.15, 0.2) is 12.1 Å². The predicted molar refractivity (Wildman–Crippen MR) is 101 cm³/mol. The maximum Gasteiger partial charge on any atom is 0.434 e. The lowest BCUT2D eigenvalue weighted by Crippen LogP contribution is -2.58. The van der Waals surface area contributed by atoms with E-state index in [-0.39, 0.29) is 52.9 Å². The molecule has 0 radical (unpaired) electrons. The van der Waals surface area contributed by atoms with Gasteiger partial charge in [0, 0.05) is 25.7 Å². The van der Waals surface area contributed by atoms with Gasteiger partial charge in [-0.15, -0.1) is 0 Å². The molecule has 29 heavy (non-hydrogen) atoms. The number of nitrogens with two attached hydrogens (primary N) is 1. The number of nitrogens with zero attached hydrogens (tertiary/aromatic N) is 1. The molecule has 4 aliphatic rings. The van der Waals surface area contributed by atoms with E-state index in [9.17, 15) is 24.7 Å². The van der Waals surface area contributed by atoms with E-state index >= 15 is 0 Å². The van der Waals surface area contributed by atoms with Gasteiger partial charge < -0.3 is 35.6 Å². The molecule has 1 aromatic rings. The van der Waals surface area contributed by atoms with Crippen LogP contribution in [0.4, 0.5) is 0 Å². The van der Waals surface area contributed by atoms with Crippen LogP contribution in [0, 0.1) is 0 Å². The summed E-state index contributed by atoms with van der Waals surface area (Å²) in [6.45, 7) is -1.18. The monoisotopic (exact) mass is 404 g/mol. The molecule has 5 rings (SSSR count). The first-order valence-corrected chi connectivity index (χ1v) is 9.86. The smallest absolute Gasteiger partial charge is 0.434 e. The maximum absolute atomic E-state index is 11.9. The quantitative estimate of drug-likeness (QED) is 0.382. The zero-order chi connectivity index (χ0) is 20.5. The zero-order valence-electron chi connectivity index (χ0n) is 15.7. The number of nitrogens with one attached hydrogen (secondary N) is 1. The highest BCUT2D eigenvalue weighted by molar-refractivity contribution is 6.62. The molecule has 1 amide bonds. The van der Waals surface area contributed by atoms with Crippen molar-refractivity contribution in [2.24, 2.45) is 5.73 Å². The van der Waals surface area contributed by atoms with Crippen LogP contribution < -0.4 is 20.4 Å². The summed E-state index contributed by atoms with van der Waals surface area (Å²) in [4.78, 5) is 25.4. The molecule has 10 nitrogen and oxygen atoms in total. The Balaban J connectivity index is 1.30. The van der Waals surface area contributed by atoms with Crippen molar-refractivity contribution in [3.63, 3.8) is 0 Å². The van der Waals surface area contributed by atoms with E-state index in [1.807, 2.05) is 0 Å². The summed E-state index contributed by atoms with van der Waals surface area (Å²) in [5.74, 6) is -1.90. The Labute approximate surface area is 166 Å². The highest BCUT2D eigenvalue weighted by Crippen LogP contribution is 2.63. The van der Waals surface area contributed by atoms with Gasteiger partial charge in [0.2, 0.25) is 5.91 Å². The second-order valence-electron chi connectivity index (χ2n) is 8.49. The Hall–Kier alpha value is -2.34. The highest BCUT2D eigenvalue weighted by atomic mass is 16.6. The first-order chi connectivity index (χ1) is 13.7. The minimum atomic E-state index is -3.06. The summed E-state index contributed by atoms with van der Waals surface area (Å²) in [5, 5.41) is 33.0. The lowest BCUT2D eigenvalue weighted by molar-refractivity contribution is -0.119. The fourth-order valence-corrected chi connectivity index (χ4v) is 4.85. The lowest BCUT2D eigenvalue weighted by atomic mass is 9.68. The summed E-state index contributed by atoms with van der Waals surface area (Å²) in [5.41, 5.74) is 5.85. The molecule has 3 fully saturated rings. The molecular formula is C18H23BN3O7-. The van der Waals surface area contributed by atoms with Gasteiger partial charge in [0.25, 0.3) is 0 Å². The van der Waals surface area contributed by atoms with E-state index in [2.05, 4.69) is 10.2 Å². The number of primary amides is 1. The number of aromatic carboxylic acids is 1. The van der Waals surface area contributed by atoms with Crippen molar-refractivity contribution in [1.82, 2.24) is 10.2 Å². The fourth-order valence-electron chi connectivity index (χ4n) is 4.85. The number of likely N-dealkylation sites (tertiary alicyclic amines) is 1. The summed E-state index contributed by atoms with van der Waals surface area (Å²) < 4.78 is 11.2. The van der Waals surface area contributed by atoms with Crippen LogP contribution in [-0.2, 0) is 4.79 Å². The molecule has 1 aliphatic carbocycles. The Kier molecular flexibility index (Phi) is 4.08. The van der Waals surface area contributed by atoms with Crippen molar-refractivity contribution in [2.45, 2.75) is 42.8 Å². The van der Waals surface area contributed by atoms with Gasteiger partial charge in [0.1, 0.15) is 17.4 Å². The molecule has 2 saturated heterocycles. The number of carboxylic acid groups (broad SMARTS) is 1. The Morgan fingerprint density at radius 3 is 2.69 bits per heavy atom. The van der Waals surface area contributed by atoms with Gasteiger partial charge in [-0.05, 0) is 24.0 Å². The average molecular weight is 404 g/mol. The first-order valence-electron chi connectivity index (χ1n) is 9.86. The number of carboxylic acids is 1. The number of hydrogen-bond acceptors (Lipinski definition) is 8. The van der Waals surface area contributed by atoms with E-state index in [1.165, 1.54) is 0 Å². The standard InChI is InChI=1S/C18H23BN3O7/c20-17(23)13-3-8(5-21-13)22-6-9(7-22)28-14-2-1-10-11-4-12(11)19(26,27)29-16(10)15(14)18(24)25/h1-2,8-9,11-13,21,26-27H,3-7H2,(H2,20,23)(H,24,25)/q-1. The van der Waals surface area contributed by atoms with Crippen LogP contribution in [0.5, 0.6) is 11.5 Å². The van der Waals surface area contributed by atoms with E-state index in [0.29, 0.717) is 38.0 Å². The molecule has 4 atom stereocenters. The SMILES string of the molecule is NC(=O)C1CC(N2CC(Oc3ccc4c(c3C(=O)O)O[B-](O)(O)C3CC43)C2)CN1. The number of benzene rings is 1. The maximum atomic E-state index is 11.9. The largest absolute Gasteiger partial charge is 0.669 e. The minimum Gasteiger partial charge on any atom is -0.669 e. The number of rotatable bonds is 5. The van der Waals surface area contributed by atoms with Gasteiger partial charge in [0.05, 0.1) is 11.8 Å². The molecule has 6 N–H and O–H groups in total. The summed E-state index contributed by atoms with van der Waals surface area (Å²) in [6, 6.07) is 3.25. The van der Waals surface area contributed by atoms with Crippen molar-refractivity contribution >= 4 is 18.6 Å². The second-order valence-corrected chi connectivity index (χ2v) is 8.49. The molecule has 0 aromatic heterocycles. The van der Waals surface area contributed by atoms with Crippen LogP contribution in [0.25, 0.3) is 0 Å². The van der Waals surface area contributed by atoms with Gasteiger partial charge in [-0.2, -0.15) is 0 Å². The molecule has 11 heteroatoms. The highest BCUT2D eigenvalue weighted by Gasteiger charge is 2.55. The van der Waals surface area contributed by atoms with Crippen LogP contribution in [-0.4, -0.2) is 76.5 Å². The molecule has 3 aliphatic heterocycles. The first kappa shape index (κ1) is 18.7. The van der Waals surface area contributed by atoms with Crippen molar-refractivity contribution in [1.29, 1.82) is 0 Å². The van der Waals surface area contributed by atoms with Gasteiger partial charge in [0.15, 0.2) is 0 Å². The van der Waals surface area contributed by atoms with Gasteiger partial charge in [-0.25, -0.2) is 4.79 Å². The minimum absolute atomic E-state index is 0.000720. The van der Waals surface area contributed by atoms with E-state index in [4.69, 9.17) is 15.1 Å². The Morgan fingerprint density at radius 2 is 2.03 bits per heavy atom. The normalized spacial score (nSPS) is 32.5. The molecule has 0 spiro atoms. The summed E-state index contributed by atoms with van der Waals surface area (Å²) in [6.07, 6.45) is 1.02. The van der Waals surface area contributed by atoms with Gasteiger partial charge in [-0.1, -0.05) is 18.3 Å². The summed E-state index contributed by atoms with van der Waals surface area (Å²) in [7, 11) is 0. The predicted octanol–water partition coefficient (Wildman–Crippen LogP) is -1.16. The van der Waals surface area contributed by atoms with Crippen LogP contribution >= 0.6 is 0 Å². The van der Waals surface area contributed by atoms with Crippen LogP contribution in [0.3, 0.4) is 0 Å². The third-order valence-electron chi connectivity index (χ3n) is 6.59. The molecule has 1 aromatic carbocycles. The van der Waals surface area contributed by atoms with Gasteiger partial charge in [-0.3, -0.25) is 9.69 Å². The molecule has 156 valence electrons. The number of amides is 1. The average Bonchev–Trinajstić information content (AvgIpc) is 3.28. The number of carbonyl (C=O) groups is 2. The van der Waals surface area contributed by atoms with E-state index in [1.54, 1.807) is 12.1 Å². The third kappa shape index (κ3) is 3.05. The van der Waals surface area contributed by atoms with Crippen molar-refractivity contribution in [3.8, 4) is 11.5 Å². The van der Waals surface area contributed by atoms with Crippen molar-refractivity contribution in [3.05, 3.63) is 23.3 Å². The number of hydrogen-bond donors (Lipinski definition) is 5. The fraction of sp³-hybridized carbons (Fsp3) is 0.556. The number of carbonyl (C=O) groups excluding carboxylic acids is 1. The van der Waals surface area contributed by atoms with E-state index in [0.717, 1.165) is 0 Å².